The quantitative estimate of drug-likeness (QED) is 0.716. The van der Waals surface area contributed by atoms with E-state index in [9.17, 15) is 10.2 Å². The Bertz CT molecular complexity index is 393. The number of anilines is 2. The zero-order valence-corrected chi connectivity index (χ0v) is 11.5. The fraction of sp³-hybridized carbons (Fsp3) is 0.692. The lowest BCUT2D eigenvalue weighted by molar-refractivity contribution is 0.0572. The number of β-amino-alcohol motifs (C(OH)–C–C–N with tert-alkyl or cyclic N) is 2. The summed E-state index contributed by atoms with van der Waals surface area (Å²) in [7, 11) is 0. The van der Waals surface area contributed by atoms with Crippen LogP contribution >= 0.6 is 0 Å². The summed E-state index contributed by atoms with van der Waals surface area (Å²) in [5, 5.41) is 22.4. The molecule has 0 amide bonds. The highest BCUT2D eigenvalue weighted by atomic mass is 16.3. The second-order valence-electron chi connectivity index (χ2n) is 4.85. The van der Waals surface area contributed by atoms with Gasteiger partial charge >= 0.3 is 0 Å². The van der Waals surface area contributed by atoms with E-state index in [0.29, 0.717) is 13.1 Å². The topological polar surface area (TPSA) is 81.5 Å². The van der Waals surface area contributed by atoms with Gasteiger partial charge in [0.2, 0.25) is 0 Å². The van der Waals surface area contributed by atoms with E-state index in [1.54, 1.807) is 0 Å². The maximum atomic E-state index is 9.62. The first-order chi connectivity index (χ1) is 9.13. The molecule has 2 rings (SSSR count). The molecule has 2 atom stereocenters. The first-order valence-corrected chi connectivity index (χ1v) is 6.87. The molecule has 1 aliphatic heterocycles. The maximum absolute atomic E-state index is 9.62. The van der Waals surface area contributed by atoms with Crippen molar-refractivity contribution >= 4 is 11.6 Å². The van der Waals surface area contributed by atoms with Gasteiger partial charge in [0.1, 0.15) is 17.5 Å². The van der Waals surface area contributed by atoms with Crippen LogP contribution in [0.4, 0.5) is 11.6 Å². The molecular formula is C13H22N4O2. The number of hydrogen-bond acceptors (Lipinski definition) is 6. The third-order valence-electron chi connectivity index (χ3n) is 3.17. The number of hydrogen-bond donors (Lipinski definition) is 3. The lowest BCUT2D eigenvalue weighted by atomic mass is 10.3. The van der Waals surface area contributed by atoms with Gasteiger partial charge in [-0.2, -0.15) is 0 Å². The average Bonchev–Trinajstić information content (AvgIpc) is 2.70. The van der Waals surface area contributed by atoms with Crippen LogP contribution in [-0.4, -0.2) is 52.0 Å². The predicted octanol–water partition coefficient (Wildman–Crippen LogP) is 0.403. The Hall–Kier alpha value is -1.40. The third kappa shape index (κ3) is 3.33. The van der Waals surface area contributed by atoms with E-state index in [1.807, 2.05) is 17.9 Å². The van der Waals surface area contributed by atoms with Crippen LogP contribution in [0.2, 0.25) is 0 Å². The van der Waals surface area contributed by atoms with Crippen molar-refractivity contribution in [3.8, 4) is 0 Å². The van der Waals surface area contributed by atoms with Crippen molar-refractivity contribution in [3.63, 3.8) is 0 Å². The van der Waals surface area contributed by atoms with Crippen LogP contribution in [0.5, 0.6) is 0 Å². The summed E-state index contributed by atoms with van der Waals surface area (Å²) in [6, 6.07) is 1.87. The molecule has 3 N–H and O–H groups in total. The van der Waals surface area contributed by atoms with Gasteiger partial charge in [0.15, 0.2) is 0 Å². The highest BCUT2D eigenvalue weighted by Gasteiger charge is 2.30. The van der Waals surface area contributed by atoms with Crippen LogP contribution in [0, 0.1) is 0 Å². The highest BCUT2D eigenvalue weighted by molar-refractivity contribution is 5.50. The lowest BCUT2D eigenvalue weighted by Gasteiger charge is -2.18. The molecule has 106 valence electrons. The molecular weight excluding hydrogens is 244 g/mol. The maximum Gasteiger partial charge on any atom is 0.134 e. The Balaban J connectivity index is 2.23. The zero-order chi connectivity index (χ0) is 13.8. The number of aliphatic hydroxyl groups is 2. The molecule has 0 spiro atoms. The molecule has 1 aromatic rings. The van der Waals surface area contributed by atoms with E-state index in [0.717, 1.165) is 36.8 Å². The smallest absolute Gasteiger partial charge is 0.134 e. The Morgan fingerprint density at radius 3 is 2.53 bits per heavy atom. The number of aliphatic hydroxyl groups excluding tert-OH is 2. The zero-order valence-electron chi connectivity index (χ0n) is 11.5. The Morgan fingerprint density at radius 1 is 1.26 bits per heavy atom. The molecule has 0 aromatic carbocycles. The van der Waals surface area contributed by atoms with E-state index in [1.165, 1.54) is 0 Å². The van der Waals surface area contributed by atoms with Crippen molar-refractivity contribution in [1.82, 2.24) is 9.97 Å². The van der Waals surface area contributed by atoms with Gasteiger partial charge in [-0.15, -0.1) is 0 Å². The number of aryl methyl sites for hydroxylation is 1. The van der Waals surface area contributed by atoms with Crippen LogP contribution < -0.4 is 10.2 Å². The second kappa shape index (κ2) is 6.16. The fourth-order valence-electron chi connectivity index (χ4n) is 2.21. The first-order valence-electron chi connectivity index (χ1n) is 6.87. The average molecular weight is 266 g/mol. The molecule has 1 fully saturated rings. The highest BCUT2D eigenvalue weighted by Crippen LogP contribution is 2.21. The molecule has 1 aliphatic rings. The molecule has 1 aromatic heterocycles. The van der Waals surface area contributed by atoms with Gasteiger partial charge in [0, 0.05) is 32.1 Å². The SMILES string of the molecule is CCCc1nc(NCC)cc(N2CC(O)C(O)C2)n1. The van der Waals surface area contributed by atoms with E-state index in [-0.39, 0.29) is 0 Å². The Labute approximate surface area is 113 Å². The number of aromatic nitrogens is 2. The summed E-state index contributed by atoms with van der Waals surface area (Å²) in [6.07, 6.45) is 0.408. The summed E-state index contributed by atoms with van der Waals surface area (Å²) in [6.45, 7) is 5.73. The Kier molecular flexibility index (Phi) is 4.55. The van der Waals surface area contributed by atoms with Crippen molar-refractivity contribution in [2.75, 3.05) is 29.9 Å². The van der Waals surface area contributed by atoms with Gasteiger partial charge < -0.3 is 20.4 Å². The predicted molar refractivity (Wildman–Crippen MR) is 74.4 cm³/mol. The molecule has 0 saturated carbocycles. The van der Waals surface area contributed by atoms with Crippen LogP contribution in [0.1, 0.15) is 26.1 Å². The van der Waals surface area contributed by atoms with E-state index in [4.69, 9.17) is 0 Å². The number of nitrogens with zero attached hydrogens (tertiary/aromatic N) is 3. The molecule has 6 nitrogen and oxygen atoms in total. The summed E-state index contributed by atoms with van der Waals surface area (Å²) < 4.78 is 0. The van der Waals surface area contributed by atoms with Crippen molar-refractivity contribution in [1.29, 1.82) is 0 Å². The molecule has 0 bridgehead atoms. The number of nitrogens with one attached hydrogen (secondary N) is 1. The van der Waals surface area contributed by atoms with Gasteiger partial charge in [-0.3, -0.25) is 0 Å². The van der Waals surface area contributed by atoms with Gasteiger partial charge in [-0.1, -0.05) is 6.92 Å². The van der Waals surface area contributed by atoms with Crippen molar-refractivity contribution in [3.05, 3.63) is 11.9 Å². The summed E-state index contributed by atoms with van der Waals surface area (Å²) >= 11 is 0. The third-order valence-corrected chi connectivity index (χ3v) is 3.17. The van der Waals surface area contributed by atoms with E-state index in [2.05, 4.69) is 22.2 Å². The normalized spacial score (nSPS) is 22.8. The van der Waals surface area contributed by atoms with Crippen molar-refractivity contribution < 1.29 is 10.2 Å². The monoisotopic (exact) mass is 266 g/mol. The van der Waals surface area contributed by atoms with Crippen molar-refractivity contribution in [2.24, 2.45) is 0 Å². The second-order valence-corrected chi connectivity index (χ2v) is 4.85. The molecule has 2 unspecified atom stereocenters. The fourth-order valence-corrected chi connectivity index (χ4v) is 2.21. The van der Waals surface area contributed by atoms with Gasteiger partial charge in [-0.05, 0) is 13.3 Å². The van der Waals surface area contributed by atoms with Crippen LogP contribution in [0.15, 0.2) is 6.07 Å². The summed E-state index contributed by atoms with van der Waals surface area (Å²) in [5.74, 6) is 2.36. The van der Waals surface area contributed by atoms with Gasteiger partial charge in [0.05, 0.1) is 12.2 Å². The molecule has 19 heavy (non-hydrogen) atoms. The minimum atomic E-state index is -0.702. The molecule has 0 aliphatic carbocycles. The van der Waals surface area contributed by atoms with Crippen molar-refractivity contribution in [2.45, 2.75) is 38.9 Å². The van der Waals surface area contributed by atoms with Crippen LogP contribution in [-0.2, 0) is 6.42 Å². The van der Waals surface area contributed by atoms with Gasteiger partial charge in [0.25, 0.3) is 0 Å². The van der Waals surface area contributed by atoms with Gasteiger partial charge in [-0.25, -0.2) is 9.97 Å². The summed E-state index contributed by atoms with van der Waals surface area (Å²) in [4.78, 5) is 10.9. The van der Waals surface area contributed by atoms with Crippen LogP contribution in [0.3, 0.4) is 0 Å². The van der Waals surface area contributed by atoms with E-state index >= 15 is 0 Å². The minimum absolute atomic E-state index is 0.412. The largest absolute Gasteiger partial charge is 0.389 e. The molecule has 1 saturated heterocycles. The standard InChI is InChI=1S/C13H22N4O2/c1-3-5-11-15-12(14-4-2)6-13(16-11)17-7-9(18)10(19)8-17/h6,9-10,18-19H,3-5,7-8H2,1-2H3,(H,14,15,16). The molecule has 2 heterocycles. The Morgan fingerprint density at radius 2 is 1.95 bits per heavy atom. The lowest BCUT2D eigenvalue weighted by Crippen LogP contribution is -2.23. The molecule has 0 radical (unpaired) electrons. The number of rotatable bonds is 5. The van der Waals surface area contributed by atoms with Crippen LogP contribution in [0.25, 0.3) is 0 Å². The minimum Gasteiger partial charge on any atom is -0.389 e. The first kappa shape index (κ1) is 14.0. The summed E-state index contributed by atoms with van der Waals surface area (Å²) in [5.41, 5.74) is 0. The van der Waals surface area contributed by atoms with E-state index < -0.39 is 12.2 Å². The molecule has 6 heteroatoms.